The molecule has 0 saturated carbocycles. The molecule has 2 aromatic rings. The topological polar surface area (TPSA) is 252 Å². The molecule has 36 heavy (non-hydrogen) atoms. The van der Waals surface area contributed by atoms with E-state index in [-0.39, 0.29) is 17.3 Å². The average Bonchev–Trinajstić information content (AvgIpc) is 3.17. The van der Waals surface area contributed by atoms with Crippen molar-refractivity contribution in [3.8, 4) is 0 Å². The summed E-state index contributed by atoms with van der Waals surface area (Å²) in [5, 5.41) is 3.10. The molecule has 1 fully saturated rings. The van der Waals surface area contributed by atoms with Crippen LogP contribution in [0, 0.1) is 6.92 Å². The SMILES string of the molecule is Cc1cn([C@H]2CC(N=[N+]=[N-])[C@@H](COP(=O)(O)OP(=O)(O)OP(=O)(O)c3ccccc3)O2)c(=O)[nH]c1=O. The van der Waals surface area contributed by atoms with Gasteiger partial charge in [0.2, 0.25) is 0 Å². The maximum absolute atomic E-state index is 12.2. The number of aromatic amines is 1. The molecule has 0 amide bonds. The molecule has 2 heterocycles. The molecule has 4 unspecified atom stereocenters. The lowest BCUT2D eigenvalue weighted by Gasteiger charge is -2.21. The number of phosphoric ester groups is 1. The van der Waals surface area contributed by atoms with E-state index < -0.39 is 59.5 Å². The fraction of sp³-hybridized carbons (Fsp3) is 0.375. The van der Waals surface area contributed by atoms with E-state index in [0.717, 1.165) is 16.7 Å². The van der Waals surface area contributed by atoms with E-state index >= 15 is 0 Å². The third-order valence-electron chi connectivity index (χ3n) is 4.76. The van der Waals surface area contributed by atoms with Crippen molar-refractivity contribution >= 4 is 28.5 Å². The van der Waals surface area contributed by atoms with Crippen LogP contribution in [-0.2, 0) is 31.6 Å². The summed E-state index contributed by atoms with van der Waals surface area (Å²) in [5.41, 5.74) is 7.54. The van der Waals surface area contributed by atoms with Gasteiger partial charge in [-0.1, -0.05) is 23.3 Å². The Balaban J connectivity index is 1.69. The normalized spacial score (nSPS) is 24.7. The number of hydrogen-bond acceptors (Lipinski definition) is 10. The summed E-state index contributed by atoms with van der Waals surface area (Å²) in [7, 11) is -16.0. The molecule has 3 rings (SSSR count). The highest BCUT2D eigenvalue weighted by Gasteiger charge is 2.43. The van der Waals surface area contributed by atoms with Crippen molar-refractivity contribution in [1.82, 2.24) is 9.55 Å². The minimum atomic E-state index is -5.62. The largest absolute Gasteiger partial charge is 0.488 e. The highest BCUT2D eigenvalue weighted by Crippen LogP contribution is 2.67. The quantitative estimate of drug-likeness (QED) is 0.138. The van der Waals surface area contributed by atoms with Crippen LogP contribution < -0.4 is 16.6 Å². The number of H-pyrrole nitrogens is 1. The lowest BCUT2D eigenvalue weighted by atomic mass is 10.1. The number of rotatable bonds is 10. The molecule has 4 N–H and O–H groups in total. The van der Waals surface area contributed by atoms with E-state index in [1.165, 1.54) is 31.3 Å². The highest BCUT2D eigenvalue weighted by atomic mass is 31.3. The molecule has 0 aliphatic carbocycles. The average molecular weight is 567 g/mol. The molecule has 20 heteroatoms. The summed E-state index contributed by atoms with van der Waals surface area (Å²) in [5.74, 6) is 0. The minimum Gasteiger partial charge on any atom is -0.352 e. The number of azide groups is 1. The molecule has 6 atom stereocenters. The molecule has 0 spiro atoms. The van der Waals surface area contributed by atoms with Gasteiger partial charge >= 0.3 is 28.9 Å². The first-order valence-corrected chi connectivity index (χ1v) is 14.4. The lowest BCUT2D eigenvalue weighted by Crippen LogP contribution is -2.33. The molecular weight excluding hydrogens is 547 g/mol. The van der Waals surface area contributed by atoms with Gasteiger partial charge in [-0.3, -0.25) is 23.4 Å². The van der Waals surface area contributed by atoms with Gasteiger partial charge in [0.1, 0.15) is 6.23 Å². The second-order valence-corrected chi connectivity index (χ2v) is 12.4. The van der Waals surface area contributed by atoms with Gasteiger partial charge in [0.25, 0.3) is 5.56 Å². The van der Waals surface area contributed by atoms with Crippen LogP contribution in [0.5, 0.6) is 0 Å². The Morgan fingerprint density at radius 1 is 1.17 bits per heavy atom. The van der Waals surface area contributed by atoms with Crippen LogP contribution in [0.4, 0.5) is 0 Å². The Morgan fingerprint density at radius 3 is 2.47 bits per heavy atom. The van der Waals surface area contributed by atoms with Crippen molar-refractivity contribution in [2.75, 3.05) is 6.61 Å². The fourth-order valence-corrected chi connectivity index (χ4v) is 7.16. The van der Waals surface area contributed by atoms with E-state index in [4.69, 9.17) is 10.3 Å². The Bertz CT molecular complexity index is 1420. The molecule has 0 radical (unpaired) electrons. The number of hydrogen-bond donors (Lipinski definition) is 4. The number of ether oxygens (including phenoxy) is 1. The number of aromatic nitrogens is 2. The minimum absolute atomic E-state index is 0.0908. The third-order valence-corrected chi connectivity index (χ3v) is 9.55. The van der Waals surface area contributed by atoms with E-state index in [1.54, 1.807) is 0 Å². The third kappa shape index (κ3) is 7.10. The highest BCUT2D eigenvalue weighted by molar-refractivity contribution is 7.71. The molecule has 0 bridgehead atoms. The number of phosphoric acid groups is 2. The molecule has 1 saturated heterocycles. The Hall–Kier alpha value is -2.38. The summed E-state index contributed by atoms with van der Waals surface area (Å²) >= 11 is 0. The lowest BCUT2D eigenvalue weighted by molar-refractivity contribution is -0.0267. The van der Waals surface area contributed by atoms with Crippen molar-refractivity contribution < 1.29 is 46.3 Å². The molecular formula is C16H20N5O12P3. The van der Waals surface area contributed by atoms with Crippen molar-refractivity contribution in [3.63, 3.8) is 0 Å². The predicted octanol–water partition coefficient (Wildman–Crippen LogP) is 1.57. The van der Waals surface area contributed by atoms with Gasteiger partial charge in [-0.25, -0.2) is 18.2 Å². The zero-order valence-electron chi connectivity index (χ0n) is 18.3. The van der Waals surface area contributed by atoms with Gasteiger partial charge in [0.05, 0.1) is 24.1 Å². The monoisotopic (exact) mass is 567 g/mol. The maximum atomic E-state index is 12.2. The zero-order chi connectivity index (χ0) is 26.7. The molecule has 196 valence electrons. The van der Waals surface area contributed by atoms with Crippen molar-refractivity contribution in [2.24, 2.45) is 5.11 Å². The summed E-state index contributed by atoms with van der Waals surface area (Å²) < 4.78 is 56.1. The van der Waals surface area contributed by atoms with Crippen molar-refractivity contribution in [3.05, 3.63) is 73.4 Å². The van der Waals surface area contributed by atoms with Gasteiger partial charge in [-0.15, -0.1) is 0 Å². The predicted molar refractivity (Wildman–Crippen MR) is 121 cm³/mol. The van der Waals surface area contributed by atoms with Crippen LogP contribution in [0.1, 0.15) is 18.2 Å². The van der Waals surface area contributed by atoms with Gasteiger partial charge in [0.15, 0.2) is 0 Å². The zero-order valence-corrected chi connectivity index (χ0v) is 20.9. The number of aryl methyl sites for hydroxylation is 1. The Labute approximate surface area is 201 Å². The standard InChI is InChI=1S/C16H20N5O12P3/c1-10-8-21(16(23)18-15(10)22)14-7-12(19-20-17)13(31-14)9-30-35(26,27)33-36(28,29)32-34(24,25)11-5-3-2-4-6-11/h2-6,8,12-14H,7,9H2,1H3,(H,24,25)(H,26,27)(H,28,29)(H,18,22,23)/t12?,13-,14-/m1/s1. The first kappa shape index (κ1) is 28.2. The first-order chi connectivity index (χ1) is 16.7. The smallest absolute Gasteiger partial charge is 0.352 e. The summed E-state index contributed by atoms with van der Waals surface area (Å²) in [6.45, 7) is 0.605. The summed E-state index contributed by atoms with van der Waals surface area (Å²) in [6.07, 6.45) is -1.18. The van der Waals surface area contributed by atoms with E-state index in [2.05, 4.69) is 28.2 Å². The van der Waals surface area contributed by atoms with E-state index in [0.29, 0.717) is 0 Å². The van der Waals surface area contributed by atoms with Gasteiger partial charge in [-0.2, -0.15) is 4.31 Å². The second-order valence-electron chi connectivity index (χ2n) is 7.37. The maximum Gasteiger partial charge on any atom is 0.488 e. The number of benzene rings is 1. The number of nitrogens with one attached hydrogen (secondary N) is 1. The summed E-state index contributed by atoms with van der Waals surface area (Å²) in [6, 6.07) is 5.42. The molecule has 17 nitrogen and oxygen atoms in total. The molecule has 1 aromatic carbocycles. The van der Waals surface area contributed by atoms with Gasteiger partial charge in [0, 0.05) is 23.1 Å². The summed E-state index contributed by atoms with van der Waals surface area (Å²) in [4.78, 5) is 57.9. The number of nitrogens with zero attached hydrogens (tertiary/aromatic N) is 4. The second kappa shape index (κ2) is 10.9. The molecule has 1 aromatic heterocycles. The van der Waals surface area contributed by atoms with Crippen LogP contribution in [0.3, 0.4) is 0 Å². The van der Waals surface area contributed by atoms with Crippen LogP contribution in [0.25, 0.3) is 10.4 Å². The van der Waals surface area contributed by atoms with Crippen LogP contribution in [0.2, 0.25) is 0 Å². The first-order valence-electron chi connectivity index (χ1n) is 9.86. The van der Waals surface area contributed by atoms with E-state index in [1.807, 2.05) is 0 Å². The van der Waals surface area contributed by atoms with Crippen molar-refractivity contribution in [1.29, 1.82) is 0 Å². The van der Waals surface area contributed by atoms with Gasteiger partial charge < -0.3 is 19.4 Å². The Morgan fingerprint density at radius 2 is 1.83 bits per heavy atom. The van der Waals surface area contributed by atoms with Crippen LogP contribution in [-0.4, -0.2) is 43.0 Å². The van der Waals surface area contributed by atoms with Crippen LogP contribution >= 0.6 is 23.2 Å². The molecule has 1 aliphatic heterocycles. The van der Waals surface area contributed by atoms with Gasteiger partial charge in [-0.05, 0) is 24.6 Å². The Kier molecular flexibility index (Phi) is 8.56. The van der Waals surface area contributed by atoms with Crippen LogP contribution in [0.15, 0.2) is 51.2 Å². The van der Waals surface area contributed by atoms with Crippen molar-refractivity contribution in [2.45, 2.75) is 31.7 Å². The van der Waals surface area contributed by atoms with E-state index in [9.17, 15) is 38.0 Å². The fourth-order valence-electron chi connectivity index (χ4n) is 3.16. The molecule has 1 aliphatic rings.